The van der Waals surface area contributed by atoms with E-state index in [1.54, 1.807) is 25.7 Å². The lowest BCUT2D eigenvalue weighted by molar-refractivity contribution is -0.00500. The Morgan fingerprint density at radius 2 is 1.86 bits per heavy atom. The van der Waals surface area contributed by atoms with E-state index in [0.717, 1.165) is 23.2 Å². The van der Waals surface area contributed by atoms with Crippen LogP contribution < -0.4 is 0 Å². The summed E-state index contributed by atoms with van der Waals surface area (Å²) in [5.41, 5.74) is 1.51. The number of hydrogen-bond acceptors (Lipinski definition) is 1. The van der Waals surface area contributed by atoms with Crippen LogP contribution in [0.5, 0.6) is 0 Å². The molecule has 0 amide bonds. The van der Waals surface area contributed by atoms with Gasteiger partial charge >= 0.3 is 0 Å². The van der Waals surface area contributed by atoms with Crippen LogP contribution in [0.3, 0.4) is 0 Å². The molecule has 0 radical (unpaired) electrons. The van der Waals surface area contributed by atoms with E-state index < -0.39 is 0 Å². The Labute approximate surface area is 86.9 Å². The molecule has 4 aliphatic carbocycles. The third-order valence-corrected chi connectivity index (χ3v) is 6.38. The van der Waals surface area contributed by atoms with Crippen molar-refractivity contribution in [3.05, 3.63) is 0 Å². The van der Waals surface area contributed by atoms with E-state index in [1.165, 1.54) is 12.8 Å². The maximum Gasteiger partial charge on any atom is 0.0214 e. The molecule has 1 spiro atoms. The fourth-order valence-corrected chi connectivity index (χ4v) is 5.84. The van der Waals surface area contributed by atoms with Gasteiger partial charge in [-0.2, -0.15) is 0 Å². The smallest absolute Gasteiger partial charge is 0.0214 e. The molecule has 4 aliphatic rings. The van der Waals surface area contributed by atoms with Gasteiger partial charge in [-0.25, -0.2) is 0 Å². The standard InChI is InChI=1S/C13H21N/c1-14(2)12-5-9-3-10-4-11(7-12)13(10,6-9)8-12/h9-11H,3-8H2,1-2H3. The summed E-state index contributed by atoms with van der Waals surface area (Å²) in [5.74, 6) is 3.38. The molecule has 0 aromatic heterocycles. The van der Waals surface area contributed by atoms with E-state index in [9.17, 15) is 0 Å². The third kappa shape index (κ3) is 0.651. The molecule has 1 nitrogen and oxygen atoms in total. The van der Waals surface area contributed by atoms with E-state index in [4.69, 9.17) is 0 Å². The Kier molecular flexibility index (Phi) is 1.20. The van der Waals surface area contributed by atoms with Gasteiger partial charge in [0.05, 0.1) is 0 Å². The number of fused-ring (bicyclic) bond motifs is 2. The second-order valence-electron chi connectivity index (χ2n) is 6.87. The van der Waals surface area contributed by atoms with Gasteiger partial charge in [-0.1, -0.05) is 0 Å². The maximum absolute atomic E-state index is 2.57. The van der Waals surface area contributed by atoms with E-state index in [-0.39, 0.29) is 0 Å². The molecule has 3 bridgehead atoms. The lowest BCUT2D eigenvalue weighted by Gasteiger charge is -2.49. The first-order chi connectivity index (χ1) is 6.65. The Morgan fingerprint density at radius 3 is 2.64 bits per heavy atom. The fraction of sp³-hybridized carbons (Fsp3) is 1.00. The predicted octanol–water partition coefficient (Wildman–Crippen LogP) is 2.52. The number of nitrogens with zero attached hydrogens (tertiary/aromatic N) is 1. The normalized spacial score (nSPS) is 63.2. The first kappa shape index (κ1) is 8.15. The molecule has 0 N–H and O–H groups in total. The van der Waals surface area contributed by atoms with E-state index in [0.29, 0.717) is 5.54 Å². The fourth-order valence-electron chi connectivity index (χ4n) is 5.84. The summed E-state index contributed by atoms with van der Waals surface area (Å²) < 4.78 is 0. The van der Waals surface area contributed by atoms with Crippen LogP contribution in [-0.2, 0) is 0 Å². The summed E-state index contributed by atoms with van der Waals surface area (Å²) in [6.07, 6.45) is 9.40. The average molecular weight is 191 g/mol. The van der Waals surface area contributed by atoms with Crippen molar-refractivity contribution in [3.8, 4) is 0 Å². The van der Waals surface area contributed by atoms with Crippen molar-refractivity contribution in [2.75, 3.05) is 14.1 Å². The molecule has 0 aliphatic heterocycles. The number of hydrogen-bond donors (Lipinski definition) is 0. The highest BCUT2D eigenvalue weighted by Gasteiger charge is 2.71. The lowest BCUT2D eigenvalue weighted by Crippen LogP contribution is -2.46. The molecule has 5 atom stereocenters. The Bertz CT molecular complexity index is 294. The van der Waals surface area contributed by atoms with Gasteiger partial charge in [0.15, 0.2) is 0 Å². The topological polar surface area (TPSA) is 3.24 Å². The summed E-state index contributed by atoms with van der Waals surface area (Å²) in [7, 11) is 4.64. The SMILES string of the molecule is CN(C)C12CC3CC4CC(C1)C4(C3)C2. The maximum atomic E-state index is 2.57. The van der Waals surface area contributed by atoms with Gasteiger partial charge in [0.25, 0.3) is 0 Å². The molecule has 0 heterocycles. The van der Waals surface area contributed by atoms with Crippen molar-refractivity contribution >= 4 is 0 Å². The Hall–Kier alpha value is -0.0400. The highest BCUT2D eigenvalue weighted by molar-refractivity contribution is 5.22. The van der Waals surface area contributed by atoms with E-state index >= 15 is 0 Å². The van der Waals surface area contributed by atoms with Crippen molar-refractivity contribution in [3.63, 3.8) is 0 Å². The van der Waals surface area contributed by atoms with Crippen molar-refractivity contribution < 1.29 is 0 Å². The Morgan fingerprint density at radius 1 is 1.00 bits per heavy atom. The monoisotopic (exact) mass is 191 g/mol. The van der Waals surface area contributed by atoms with Crippen LogP contribution in [0.15, 0.2) is 0 Å². The zero-order valence-electron chi connectivity index (χ0n) is 9.42. The minimum atomic E-state index is 0.638. The first-order valence-electron chi connectivity index (χ1n) is 6.32. The van der Waals surface area contributed by atoms with Crippen molar-refractivity contribution in [2.24, 2.45) is 23.2 Å². The second-order valence-corrected chi connectivity index (χ2v) is 6.87. The Balaban J connectivity index is 1.81. The minimum absolute atomic E-state index is 0.638. The predicted molar refractivity (Wildman–Crippen MR) is 57.0 cm³/mol. The van der Waals surface area contributed by atoms with E-state index in [2.05, 4.69) is 19.0 Å². The third-order valence-electron chi connectivity index (χ3n) is 6.38. The van der Waals surface area contributed by atoms with Gasteiger partial charge in [0.2, 0.25) is 0 Å². The lowest BCUT2D eigenvalue weighted by atomic mass is 9.56. The van der Waals surface area contributed by atoms with Crippen LogP contribution in [-0.4, -0.2) is 24.5 Å². The van der Waals surface area contributed by atoms with E-state index in [1.807, 2.05) is 0 Å². The van der Waals surface area contributed by atoms with Crippen LogP contribution >= 0.6 is 0 Å². The summed E-state index contributed by atoms with van der Waals surface area (Å²) in [4.78, 5) is 2.57. The summed E-state index contributed by atoms with van der Waals surface area (Å²) in [6, 6.07) is 0. The van der Waals surface area contributed by atoms with Crippen molar-refractivity contribution in [1.29, 1.82) is 0 Å². The molecule has 0 aromatic carbocycles. The molecule has 4 fully saturated rings. The van der Waals surface area contributed by atoms with Crippen molar-refractivity contribution in [1.82, 2.24) is 4.90 Å². The van der Waals surface area contributed by atoms with Crippen LogP contribution in [0.1, 0.15) is 38.5 Å². The zero-order valence-corrected chi connectivity index (χ0v) is 9.42. The van der Waals surface area contributed by atoms with Gasteiger partial charge in [0.1, 0.15) is 0 Å². The molecule has 4 rings (SSSR count). The summed E-state index contributed by atoms with van der Waals surface area (Å²) in [6.45, 7) is 0. The molecule has 5 unspecified atom stereocenters. The van der Waals surface area contributed by atoms with Crippen LogP contribution in [0.4, 0.5) is 0 Å². The number of rotatable bonds is 1. The minimum Gasteiger partial charge on any atom is -0.304 e. The first-order valence-corrected chi connectivity index (χ1v) is 6.32. The highest BCUT2D eigenvalue weighted by atomic mass is 15.2. The van der Waals surface area contributed by atoms with Gasteiger partial charge in [-0.15, -0.1) is 0 Å². The van der Waals surface area contributed by atoms with Gasteiger partial charge in [-0.05, 0) is 75.8 Å². The molecular formula is C13H21N. The van der Waals surface area contributed by atoms with Crippen LogP contribution in [0.25, 0.3) is 0 Å². The molecule has 0 aromatic rings. The van der Waals surface area contributed by atoms with Crippen LogP contribution in [0, 0.1) is 23.2 Å². The summed E-state index contributed by atoms with van der Waals surface area (Å²) >= 11 is 0. The molecule has 14 heavy (non-hydrogen) atoms. The second kappa shape index (κ2) is 2.07. The summed E-state index contributed by atoms with van der Waals surface area (Å²) in [5, 5.41) is 0. The zero-order chi connectivity index (χ0) is 9.55. The van der Waals surface area contributed by atoms with Gasteiger partial charge in [0, 0.05) is 5.54 Å². The van der Waals surface area contributed by atoms with Gasteiger partial charge in [-0.3, -0.25) is 0 Å². The van der Waals surface area contributed by atoms with Crippen molar-refractivity contribution in [2.45, 2.75) is 44.1 Å². The quantitative estimate of drug-likeness (QED) is 0.615. The molecule has 0 saturated heterocycles. The van der Waals surface area contributed by atoms with Gasteiger partial charge < -0.3 is 4.90 Å². The molecule has 1 heteroatoms. The molecule has 4 saturated carbocycles. The van der Waals surface area contributed by atoms with Crippen LogP contribution in [0.2, 0.25) is 0 Å². The highest BCUT2D eigenvalue weighted by Crippen LogP contribution is 2.77. The molecule has 78 valence electrons. The molecular weight excluding hydrogens is 170 g/mol. The average Bonchev–Trinajstić information content (AvgIpc) is 2.42. The largest absolute Gasteiger partial charge is 0.304 e.